The molecule has 0 aliphatic heterocycles. The van der Waals surface area contributed by atoms with Crippen LogP contribution < -0.4 is 10.1 Å². The van der Waals surface area contributed by atoms with Gasteiger partial charge in [-0.05, 0) is 43.2 Å². The average Bonchev–Trinajstić information content (AvgIpc) is 2.99. The highest BCUT2D eigenvalue weighted by Gasteiger charge is 2.09. The summed E-state index contributed by atoms with van der Waals surface area (Å²) in [6.07, 6.45) is 0.927. The van der Waals surface area contributed by atoms with Crippen LogP contribution in [0.15, 0.2) is 40.8 Å². The lowest BCUT2D eigenvalue weighted by molar-refractivity contribution is -0.121. The molecule has 0 aliphatic rings. The molecule has 0 radical (unpaired) electrons. The molecule has 122 valence electrons. The molecular formula is C17H19NO5. The number of ether oxygens (including phenoxy) is 1. The number of aryl methyl sites for hydroxylation is 1. The Morgan fingerprint density at radius 1 is 1.26 bits per heavy atom. The van der Waals surface area contributed by atoms with Crippen LogP contribution in [0.4, 0.5) is 0 Å². The van der Waals surface area contributed by atoms with Gasteiger partial charge in [0, 0.05) is 6.42 Å². The van der Waals surface area contributed by atoms with Gasteiger partial charge in [0.25, 0.3) is 0 Å². The minimum atomic E-state index is -1.13. The topological polar surface area (TPSA) is 88.8 Å². The average molecular weight is 317 g/mol. The fourth-order valence-corrected chi connectivity index (χ4v) is 1.99. The van der Waals surface area contributed by atoms with E-state index in [0.717, 1.165) is 11.3 Å². The second-order valence-electron chi connectivity index (χ2n) is 5.12. The number of rotatable bonds is 8. The van der Waals surface area contributed by atoms with Crippen molar-refractivity contribution in [2.24, 2.45) is 0 Å². The summed E-state index contributed by atoms with van der Waals surface area (Å²) >= 11 is 0. The number of hydrogen-bond donors (Lipinski definition) is 2. The zero-order valence-electron chi connectivity index (χ0n) is 12.9. The van der Waals surface area contributed by atoms with Crippen LogP contribution in [0.25, 0.3) is 0 Å². The van der Waals surface area contributed by atoms with Gasteiger partial charge in [-0.15, -0.1) is 0 Å². The van der Waals surface area contributed by atoms with Crippen molar-refractivity contribution in [1.82, 2.24) is 5.32 Å². The van der Waals surface area contributed by atoms with Gasteiger partial charge in [-0.2, -0.15) is 0 Å². The van der Waals surface area contributed by atoms with Crippen molar-refractivity contribution in [2.45, 2.75) is 26.3 Å². The van der Waals surface area contributed by atoms with Crippen molar-refractivity contribution >= 4 is 11.9 Å². The van der Waals surface area contributed by atoms with E-state index in [4.69, 9.17) is 14.3 Å². The third-order valence-corrected chi connectivity index (χ3v) is 3.14. The summed E-state index contributed by atoms with van der Waals surface area (Å²) in [6, 6.07) is 10.6. The van der Waals surface area contributed by atoms with Crippen molar-refractivity contribution in [2.75, 3.05) is 6.61 Å². The zero-order chi connectivity index (χ0) is 16.7. The van der Waals surface area contributed by atoms with Crippen LogP contribution in [0.3, 0.4) is 0 Å². The van der Waals surface area contributed by atoms with Crippen molar-refractivity contribution < 1.29 is 23.8 Å². The summed E-state index contributed by atoms with van der Waals surface area (Å²) in [5.74, 6) is -0.197. The molecule has 0 bridgehead atoms. The van der Waals surface area contributed by atoms with Crippen LogP contribution >= 0.6 is 0 Å². The fourth-order valence-electron chi connectivity index (χ4n) is 1.99. The molecular weight excluding hydrogens is 298 g/mol. The molecule has 2 N–H and O–H groups in total. The van der Waals surface area contributed by atoms with Gasteiger partial charge in [0.05, 0.1) is 13.2 Å². The van der Waals surface area contributed by atoms with Gasteiger partial charge < -0.3 is 19.6 Å². The predicted octanol–water partition coefficient (Wildman–Crippen LogP) is 2.76. The molecule has 1 aromatic heterocycles. The Morgan fingerprint density at radius 2 is 2.09 bits per heavy atom. The van der Waals surface area contributed by atoms with Gasteiger partial charge >= 0.3 is 5.97 Å². The maximum Gasteiger partial charge on any atom is 0.371 e. The third-order valence-electron chi connectivity index (χ3n) is 3.14. The number of hydrogen-bond acceptors (Lipinski definition) is 4. The van der Waals surface area contributed by atoms with E-state index in [-0.39, 0.29) is 18.2 Å². The molecule has 0 saturated carbocycles. The van der Waals surface area contributed by atoms with Crippen LogP contribution in [0, 0.1) is 6.92 Å². The van der Waals surface area contributed by atoms with Gasteiger partial charge in [-0.1, -0.05) is 12.1 Å². The minimum absolute atomic E-state index is 0.133. The number of nitrogens with one attached hydrogen (secondary N) is 1. The van der Waals surface area contributed by atoms with Crippen LogP contribution in [0.2, 0.25) is 0 Å². The number of amides is 1. The Morgan fingerprint density at radius 3 is 2.78 bits per heavy atom. The molecule has 23 heavy (non-hydrogen) atoms. The van der Waals surface area contributed by atoms with E-state index in [1.807, 2.05) is 31.2 Å². The zero-order valence-corrected chi connectivity index (χ0v) is 12.9. The van der Waals surface area contributed by atoms with Gasteiger partial charge in [0.1, 0.15) is 11.5 Å². The Labute approximate surface area is 134 Å². The summed E-state index contributed by atoms with van der Waals surface area (Å²) in [5, 5.41) is 11.4. The number of carbonyl (C=O) groups is 2. The van der Waals surface area contributed by atoms with Gasteiger partial charge in [-0.25, -0.2) is 4.79 Å². The first-order chi connectivity index (χ1) is 11.0. The van der Waals surface area contributed by atoms with Crippen LogP contribution in [-0.4, -0.2) is 23.6 Å². The molecule has 0 unspecified atom stereocenters. The van der Waals surface area contributed by atoms with E-state index in [9.17, 15) is 9.59 Å². The van der Waals surface area contributed by atoms with Crippen molar-refractivity contribution in [3.8, 4) is 5.75 Å². The third kappa shape index (κ3) is 5.50. The highest BCUT2D eigenvalue weighted by Crippen LogP contribution is 2.12. The lowest BCUT2D eigenvalue weighted by Crippen LogP contribution is -2.22. The Kier molecular flexibility index (Phi) is 5.80. The maximum atomic E-state index is 11.7. The Hall–Kier alpha value is -2.76. The second kappa shape index (κ2) is 8.03. The monoisotopic (exact) mass is 317 g/mol. The highest BCUT2D eigenvalue weighted by atomic mass is 16.5. The van der Waals surface area contributed by atoms with Crippen molar-refractivity contribution in [1.29, 1.82) is 0 Å². The first-order valence-corrected chi connectivity index (χ1v) is 7.33. The first-order valence-electron chi connectivity index (χ1n) is 7.33. The Bertz CT molecular complexity index is 677. The Balaban J connectivity index is 1.64. The summed E-state index contributed by atoms with van der Waals surface area (Å²) in [6.45, 7) is 2.62. The molecule has 1 amide bonds. The molecule has 2 rings (SSSR count). The van der Waals surface area contributed by atoms with E-state index in [2.05, 4.69) is 5.32 Å². The van der Waals surface area contributed by atoms with E-state index in [0.29, 0.717) is 25.2 Å². The predicted molar refractivity (Wildman–Crippen MR) is 83.4 cm³/mol. The van der Waals surface area contributed by atoms with Gasteiger partial charge in [-0.3, -0.25) is 4.79 Å². The van der Waals surface area contributed by atoms with Gasteiger partial charge in [0.2, 0.25) is 11.7 Å². The molecule has 0 aliphatic carbocycles. The summed E-state index contributed by atoms with van der Waals surface area (Å²) in [4.78, 5) is 22.4. The largest absolute Gasteiger partial charge is 0.494 e. The lowest BCUT2D eigenvalue weighted by Gasteiger charge is -2.07. The fraction of sp³-hybridized carbons (Fsp3) is 0.294. The van der Waals surface area contributed by atoms with Crippen molar-refractivity contribution in [3.63, 3.8) is 0 Å². The SMILES string of the molecule is Cc1cccc(OCCCC(=O)NCc2ccc(C(=O)O)o2)c1. The number of benzene rings is 1. The molecule has 2 aromatic rings. The standard InChI is InChI=1S/C17H19NO5/c1-12-4-2-5-13(10-12)22-9-3-6-16(19)18-11-14-7-8-15(23-14)17(20)21/h2,4-5,7-8,10H,3,6,9,11H2,1H3,(H,18,19)(H,20,21). The maximum absolute atomic E-state index is 11.7. The second-order valence-corrected chi connectivity index (χ2v) is 5.12. The molecule has 6 heteroatoms. The summed E-state index contributed by atoms with van der Waals surface area (Å²) in [7, 11) is 0. The first kappa shape index (κ1) is 16.6. The van der Waals surface area contributed by atoms with Crippen molar-refractivity contribution in [3.05, 3.63) is 53.5 Å². The minimum Gasteiger partial charge on any atom is -0.494 e. The number of carboxylic acids is 1. The van der Waals surface area contributed by atoms with Crippen LogP contribution in [-0.2, 0) is 11.3 Å². The van der Waals surface area contributed by atoms with Crippen LogP contribution in [0.5, 0.6) is 5.75 Å². The van der Waals surface area contributed by atoms with Crippen LogP contribution in [0.1, 0.15) is 34.7 Å². The summed E-state index contributed by atoms with van der Waals surface area (Å²) in [5.41, 5.74) is 1.12. The number of carboxylic acid groups (broad SMARTS) is 1. The quantitative estimate of drug-likeness (QED) is 0.731. The molecule has 0 spiro atoms. The molecule has 6 nitrogen and oxygen atoms in total. The molecule has 0 atom stereocenters. The highest BCUT2D eigenvalue weighted by molar-refractivity contribution is 5.84. The number of furan rings is 1. The summed E-state index contributed by atoms with van der Waals surface area (Å²) < 4.78 is 10.6. The lowest BCUT2D eigenvalue weighted by atomic mass is 10.2. The normalized spacial score (nSPS) is 10.3. The number of carbonyl (C=O) groups excluding carboxylic acids is 1. The number of aromatic carboxylic acids is 1. The smallest absolute Gasteiger partial charge is 0.371 e. The molecule has 0 saturated heterocycles. The van der Waals surface area contributed by atoms with E-state index < -0.39 is 5.97 Å². The molecule has 1 aromatic carbocycles. The molecule has 0 fully saturated rings. The van der Waals surface area contributed by atoms with E-state index in [1.165, 1.54) is 12.1 Å². The van der Waals surface area contributed by atoms with E-state index >= 15 is 0 Å². The molecule has 1 heterocycles. The van der Waals surface area contributed by atoms with Gasteiger partial charge in [0.15, 0.2) is 0 Å². The van der Waals surface area contributed by atoms with E-state index in [1.54, 1.807) is 0 Å².